The molecule has 2 aliphatic rings. The summed E-state index contributed by atoms with van der Waals surface area (Å²) < 4.78 is 27.5. The van der Waals surface area contributed by atoms with Crippen LogP contribution in [0.4, 0.5) is 8.78 Å². The van der Waals surface area contributed by atoms with Crippen LogP contribution in [0.15, 0.2) is 18.2 Å². The highest BCUT2D eigenvalue weighted by atomic mass is 19.1. The molecule has 1 aromatic rings. The van der Waals surface area contributed by atoms with Gasteiger partial charge in [0.25, 0.3) is 0 Å². The van der Waals surface area contributed by atoms with Gasteiger partial charge in [-0.1, -0.05) is 6.07 Å². The number of hydrogen-bond acceptors (Lipinski definition) is 2. The van der Waals surface area contributed by atoms with Crippen molar-refractivity contribution < 1.29 is 23.5 Å². The van der Waals surface area contributed by atoms with Gasteiger partial charge in [0.1, 0.15) is 11.6 Å². The number of carbonyl (C=O) groups excluding carboxylic acids is 1. The lowest BCUT2D eigenvalue weighted by molar-refractivity contribution is -0.147. The van der Waals surface area contributed by atoms with E-state index >= 15 is 0 Å². The second-order valence-electron chi connectivity index (χ2n) is 6.46. The van der Waals surface area contributed by atoms with Crippen LogP contribution in [0, 0.1) is 23.0 Å². The SMILES string of the molecule is C[C@]1(C(=O)O)CCN(C(=O)[C@@H]2C[C@@H]2c2c(F)cccc2F)C1. The molecule has 118 valence electrons. The van der Waals surface area contributed by atoms with E-state index < -0.39 is 34.9 Å². The molecular weight excluding hydrogens is 292 g/mol. The zero-order chi connectivity index (χ0) is 16.1. The van der Waals surface area contributed by atoms with Crippen LogP contribution in [-0.4, -0.2) is 35.0 Å². The van der Waals surface area contributed by atoms with Crippen molar-refractivity contribution in [3.63, 3.8) is 0 Å². The number of carbonyl (C=O) groups is 2. The number of likely N-dealkylation sites (tertiary alicyclic amines) is 1. The highest BCUT2D eigenvalue weighted by Crippen LogP contribution is 2.50. The van der Waals surface area contributed by atoms with E-state index in [1.165, 1.54) is 23.1 Å². The maximum absolute atomic E-state index is 13.7. The molecule has 0 spiro atoms. The van der Waals surface area contributed by atoms with E-state index in [-0.39, 0.29) is 18.0 Å². The largest absolute Gasteiger partial charge is 0.481 e. The minimum atomic E-state index is -0.927. The minimum Gasteiger partial charge on any atom is -0.481 e. The molecule has 0 radical (unpaired) electrons. The van der Waals surface area contributed by atoms with E-state index in [0.717, 1.165) is 0 Å². The Hall–Kier alpha value is -1.98. The fourth-order valence-corrected chi connectivity index (χ4v) is 3.21. The van der Waals surface area contributed by atoms with Crippen LogP contribution in [0.3, 0.4) is 0 Å². The van der Waals surface area contributed by atoms with Gasteiger partial charge in [-0.2, -0.15) is 0 Å². The number of halogens is 2. The normalized spacial score (nSPS) is 30.4. The quantitative estimate of drug-likeness (QED) is 0.932. The van der Waals surface area contributed by atoms with Crippen LogP contribution in [0.1, 0.15) is 31.2 Å². The molecule has 3 rings (SSSR count). The Morgan fingerprint density at radius 3 is 2.50 bits per heavy atom. The molecule has 0 unspecified atom stereocenters. The molecule has 0 aromatic heterocycles. The van der Waals surface area contributed by atoms with E-state index in [1.54, 1.807) is 6.92 Å². The van der Waals surface area contributed by atoms with Crippen molar-refractivity contribution >= 4 is 11.9 Å². The van der Waals surface area contributed by atoms with Gasteiger partial charge >= 0.3 is 5.97 Å². The summed E-state index contributed by atoms with van der Waals surface area (Å²) in [7, 11) is 0. The van der Waals surface area contributed by atoms with Gasteiger partial charge in [0, 0.05) is 30.5 Å². The standard InChI is InChI=1S/C16H17F2NO3/c1-16(15(21)22)5-6-19(8-16)14(20)10-7-9(10)13-11(17)3-2-4-12(13)18/h2-4,9-10H,5-8H2,1H3,(H,21,22)/t9-,10+,16-/m0/s1. The van der Waals surface area contributed by atoms with Crippen molar-refractivity contribution in [1.82, 2.24) is 4.90 Å². The van der Waals surface area contributed by atoms with Crippen LogP contribution in [0.25, 0.3) is 0 Å². The molecule has 22 heavy (non-hydrogen) atoms. The van der Waals surface area contributed by atoms with E-state index in [2.05, 4.69) is 0 Å². The first-order valence-corrected chi connectivity index (χ1v) is 7.29. The van der Waals surface area contributed by atoms with Crippen molar-refractivity contribution in [3.05, 3.63) is 35.4 Å². The number of amides is 1. The summed E-state index contributed by atoms with van der Waals surface area (Å²) in [5.41, 5.74) is -0.954. The molecule has 1 amide bonds. The Labute approximate surface area is 126 Å². The lowest BCUT2D eigenvalue weighted by atomic mass is 9.90. The van der Waals surface area contributed by atoms with E-state index in [4.69, 9.17) is 0 Å². The molecule has 3 atom stereocenters. The van der Waals surface area contributed by atoms with Crippen molar-refractivity contribution in [2.45, 2.75) is 25.7 Å². The lowest BCUT2D eigenvalue weighted by Gasteiger charge is -2.20. The molecular formula is C16H17F2NO3. The summed E-state index contributed by atoms with van der Waals surface area (Å²) in [4.78, 5) is 25.1. The number of carboxylic acids is 1. The second kappa shape index (κ2) is 5.04. The van der Waals surface area contributed by atoms with Gasteiger partial charge in [0.2, 0.25) is 5.91 Å². The molecule has 1 N–H and O–H groups in total. The lowest BCUT2D eigenvalue weighted by Crippen LogP contribution is -2.35. The molecule has 1 aromatic carbocycles. The average Bonchev–Trinajstić information content (AvgIpc) is 3.12. The monoisotopic (exact) mass is 309 g/mol. The highest BCUT2D eigenvalue weighted by Gasteiger charge is 2.51. The summed E-state index contributed by atoms with van der Waals surface area (Å²) in [6, 6.07) is 3.68. The first kappa shape index (κ1) is 14.9. The molecule has 6 heteroatoms. The number of aliphatic carboxylic acids is 1. The number of hydrogen-bond donors (Lipinski definition) is 1. The minimum absolute atomic E-state index is 0.0268. The van der Waals surface area contributed by atoms with E-state index in [9.17, 15) is 23.5 Å². The summed E-state index contributed by atoms with van der Waals surface area (Å²) in [5, 5.41) is 9.19. The highest BCUT2D eigenvalue weighted by molar-refractivity contribution is 5.85. The molecule has 1 saturated carbocycles. The van der Waals surface area contributed by atoms with Gasteiger partial charge in [-0.15, -0.1) is 0 Å². The third kappa shape index (κ3) is 2.36. The molecule has 1 aliphatic heterocycles. The Morgan fingerprint density at radius 1 is 1.32 bits per heavy atom. The number of rotatable bonds is 3. The zero-order valence-electron chi connectivity index (χ0n) is 12.2. The zero-order valence-corrected chi connectivity index (χ0v) is 12.2. The topological polar surface area (TPSA) is 57.6 Å². The Balaban J connectivity index is 1.71. The fraction of sp³-hybridized carbons (Fsp3) is 0.500. The van der Waals surface area contributed by atoms with Crippen LogP contribution in [-0.2, 0) is 9.59 Å². The molecule has 1 saturated heterocycles. The van der Waals surface area contributed by atoms with Crippen LogP contribution < -0.4 is 0 Å². The van der Waals surface area contributed by atoms with Crippen molar-refractivity contribution in [3.8, 4) is 0 Å². The summed E-state index contributed by atoms with van der Waals surface area (Å²) in [6.45, 7) is 2.15. The fourth-order valence-electron chi connectivity index (χ4n) is 3.21. The van der Waals surface area contributed by atoms with Crippen LogP contribution in [0.2, 0.25) is 0 Å². The predicted molar refractivity (Wildman–Crippen MR) is 74.1 cm³/mol. The van der Waals surface area contributed by atoms with Crippen molar-refractivity contribution in [2.75, 3.05) is 13.1 Å². The molecule has 2 fully saturated rings. The summed E-state index contributed by atoms with van der Waals surface area (Å²) in [6.07, 6.45) is 0.816. The Bertz CT molecular complexity index is 628. The Kier molecular flexibility index (Phi) is 3.42. The first-order valence-electron chi connectivity index (χ1n) is 7.29. The summed E-state index contributed by atoms with van der Waals surface area (Å²) >= 11 is 0. The maximum Gasteiger partial charge on any atom is 0.311 e. The van der Waals surface area contributed by atoms with Gasteiger partial charge in [0.05, 0.1) is 5.41 Å². The third-order valence-electron chi connectivity index (χ3n) is 4.78. The average molecular weight is 309 g/mol. The Morgan fingerprint density at radius 2 is 1.95 bits per heavy atom. The van der Waals surface area contributed by atoms with Crippen LogP contribution >= 0.6 is 0 Å². The number of nitrogens with zero attached hydrogens (tertiary/aromatic N) is 1. The van der Waals surface area contributed by atoms with Crippen molar-refractivity contribution in [1.29, 1.82) is 0 Å². The van der Waals surface area contributed by atoms with Crippen molar-refractivity contribution in [2.24, 2.45) is 11.3 Å². The molecule has 1 aliphatic carbocycles. The van der Waals surface area contributed by atoms with Gasteiger partial charge in [-0.05, 0) is 31.9 Å². The first-order chi connectivity index (χ1) is 10.3. The summed E-state index contributed by atoms with van der Waals surface area (Å²) in [5.74, 6) is -3.25. The van der Waals surface area contributed by atoms with Gasteiger partial charge < -0.3 is 10.0 Å². The third-order valence-corrected chi connectivity index (χ3v) is 4.78. The van der Waals surface area contributed by atoms with Crippen LogP contribution in [0.5, 0.6) is 0 Å². The smallest absolute Gasteiger partial charge is 0.311 e. The second-order valence-corrected chi connectivity index (χ2v) is 6.46. The van der Waals surface area contributed by atoms with Gasteiger partial charge in [-0.25, -0.2) is 8.78 Å². The number of carboxylic acid groups (broad SMARTS) is 1. The molecule has 0 bridgehead atoms. The van der Waals surface area contributed by atoms with Gasteiger partial charge in [0.15, 0.2) is 0 Å². The van der Waals surface area contributed by atoms with E-state index in [0.29, 0.717) is 19.4 Å². The predicted octanol–water partition coefficient (Wildman–Crippen LogP) is 2.39. The maximum atomic E-state index is 13.7. The van der Waals surface area contributed by atoms with Gasteiger partial charge in [-0.3, -0.25) is 9.59 Å². The van der Waals surface area contributed by atoms with E-state index in [1.807, 2.05) is 0 Å². The number of benzene rings is 1. The molecule has 4 nitrogen and oxygen atoms in total. The molecule has 1 heterocycles.